The Labute approximate surface area is 128 Å². The van der Waals surface area contributed by atoms with Crippen molar-refractivity contribution in [2.45, 2.75) is 17.2 Å². The molecule has 10 nitrogen and oxygen atoms in total. The smallest absolute Gasteiger partial charge is 0.300 e. The number of carbonyl (C=O) groups excluding carboxylic acids is 1. The molecule has 2 aromatic heterocycles. The van der Waals surface area contributed by atoms with E-state index in [2.05, 4.69) is 15.2 Å². The van der Waals surface area contributed by atoms with E-state index in [0.29, 0.717) is 23.4 Å². The third-order valence-corrected chi connectivity index (χ3v) is 5.96. The zero-order valence-corrected chi connectivity index (χ0v) is 12.7. The first-order chi connectivity index (χ1) is 10.4. The van der Waals surface area contributed by atoms with Crippen LogP contribution in [-0.2, 0) is 21.2 Å². The highest BCUT2D eigenvalue weighted by Gasteiger charge is 2.30. The maximum absolute atomic E-state index is 12.6. The first-order valence-corrected chi connectivity index (χ1v) is 8.37. The molecule has 1 amide bonds. The van der Waals surface area contributed by atoms with Gasteiger partial charge in [-0.15, -0.1) is 10.2 Å². The van der Waals surface area contributed by atoms with E-state index < -0.39 is 15.9 Å². The SMILES string of the molecule is NNC(=O)C1=Cc2nc(N)n(S(=O)(=O)c3nncs3)c2CC1. The lowest BCUT2D eigenvalue weighted by Crippen LogP contribution is -2.32. The fourth-order valence-corrected chi connectivity index (χ4v) is 4.39. The second-order valence-electron chi connectivity index (χ2n) is 4.42. The maximum atomic E-state index is 12.6. The number of hydrazine groups is 1. The summed E-state index contributed by atoms with van der Waals surface area (Å²) >= 11 is 0.886. The number of aromatic nitrogens is 4. The second-order valence-corrected chi connectivity index (χ2v) is 7.21. The van der Waals surface area contributed by atoms with Gasteiger partial charge in [0.05, 0.1) is 11.4 Å². The Morgan fingerprint density at radius 1 is 1.41 bits per heavy atom. The van der Waals surface area contributed by atoms with Crippen LogP contribution in [0.3, 0.4) is 0 Å². The summed E-state index contributed by atoms with van der Waals surface area (Å²) in [6.07, 6.45) is 2.09. The Morgan fingerprint density at radius 2 is 2.18 bits per heavy atom. The average molecular weight is 341 g/mol. The molecule has 12 heteroatoms. The predicted octanol–water partition coefficient (Wildman–Crippen LogP) is -1.13. The summed E-state index contributed by atoms with van der Waals surface area (Å²) in [7, 11) is -3.95. The van der Waals surface area contributed by atoms with Crippen LogP contribution in [0.25, 0.3) is 6.08 Å². The van der Waals surface area contributed by atoms with Gasteiger partial charge in [0.2, 0.25) is 5.95 Å². The van der Waals surface area contributed by atoms with Crippen molar-refractivity contribution in [3.8, 4) is 0 Å². The maximum Gasteiger partial charge on any atom is 0.300 e. The molecule has 0 fully saturated rings. The molecule has 116 valence electrons. The minimum Gasteiger partial charge on any atom is -0.368 e. The average Bonchev–Trinajstić information content (AvgIpc) is 3.12. The number of nitrogens with two attached hydrogens (primary N) is 2. The Hall–Kier alpha value is -2.31. The highest BCUT2D eigenvalue weighted by atomic mass is 32.2. The second kappa shape index (κ2) is 5.15. The number of nitrogen functional groups attached to an aromatic ring is 1. The van der Waals surface area contributed by atoms with E-state index in [0.717, 1.165) is 15.3 Å². The topological polar surface area (TPSA) is 159 Å². The molecule has 1 aliphatic rings. The van der Waals surface area contributed by atoms with Gasteiger partial charge in [-0.25, -0.2) is 14.8 Å². The van der Waals surface area contributed by atoms with Crippen LogP contribution in [-0.4, -0.2) is 33.5 Å². The van der Waals surface area contributed by atoms with Crippen LogP contribution in [0.15, 0.2) is 15.4 Å². The van der Waals surface area contributed by atoms with Crippen molar-refractivity contribution in [2.75, 3.05) is 5.73 Å². The fraction of sp³-hybridized carbons (Fsp3) is 0.200. The van der Waals surface area contributed by atoms with Gasteiger partial charge in [-0.05, 0) is 18.9 Å². The predicted molar refractivity (Wildman–Crippen MR) is 77.8 cm³/mol. The van der Waals surface area contributed by atoms with Gasteiger partial charge in [0.15, 0.2) is 0 Å². The van der Waals surface area contributed by atoms with Gasteiger partial charge in [0, 0.05) is 5.57 Å². The Morgan fingerprint density at radius 3 is 2.82 bits per heavy atom. The minimum absolute atomic E-state index is 0.172. The third-order valence-electron chi connectivity index (χ3n) is 3.15. The summed E-state index contributed by atoms with van der Waals surface area (Å²) in [6, 6.07) is 0. The van der Waals surface area contributed by atoms with Crippen molar-refractivity contribution in [3.05, 3.63) is 22.5 Å². The van der Waals surface area contributed by atoms with Crippen molar-refractivity contribution < 1.29 is 13.2 Å². The summed E-state index contributed by atoms with van der Waals surface area (Å²) in [5.41, 5.74) is 10.2. The number of imidazole rings is 1. The number of amides is 1. The lowest BCUT2D eigenvalue weighted by Gasteiger charge is -2.14. The number of carbonyl (C=O) groups is 1. The minimum atomic E-state index is -3.95. The Bertz CT molecular complexity index is 867. The first kappa shape index (κ1) is 14.6. The molecule has 22 heavy (non-hydrogen) atoms. The molecular formula is C10H11N7O3S2. The zero-order valence-electron chi connectivity index (χ0n) is 11.1. The van der Waals surface area contributed by atoms with E-state index in [4.69, 9.17) is 11.6 Å². The molecule has 0 saturated carbocycles. The van der Waals surface area contributed by atoms with Crippen LogP contribution in [0.5, 0.6) is 0 Å². The largest absolute Gasteiger partial charge is 0.368 e. The van der Waals surface area contributed by atoms with E-state index in [1.54, 1.807) is 0 Å². The number of rotatable bonds is 3. The van der Waals surface area contributed by atoms with Gasteiger partial charge in [0.1, 0.15) is 5.51 Å². The molecule has 5 N–H and O–H groups in total. The molecule has 2 aromatic rings. The van der Waals surface area contributed by atoms with Crippen molar-refractivity contribution in [3.63, 3.8) is 0 Å². The lowest BCUT2D eigenvalue weighted by atomic mass is 10.00. The van der Waals surface area contributed by atoms with Crippen LogP contribution in [0.2, 0.25) is 0 Å². The van der Waals surface area contributed by atoms with Crippen molar-refractivity contribution in [1.82, 2.24) is 24.6 Å². The summed E-state index contributed by atoms with van der Waals surface area (Å²) in [6.45, 7) is 0. The summed E-state index contributed by atoms with van der Waals surface area (Å²) < 4.78 is 25.9. The molecule has 2 heterocycles. The molecule has 0 spiro atoms. The van der Waals surface area contributed by atoms with Gasteiger partial charge in [-0.1, -0.05) is 11.3 Å². The molecule has 0 radical (unpaired) electrons. The van der Waals surface area contributed by atoms with Crippen LogP contribution in [0.1, 0.15) is 17.8 Å². The number of hydrogen-bond acceptors (Lipinski definition) is 9. The zero-order chi connectivity index (χ0) is 15.9. The van der Waals surface area contributed by atoms with E-state index >= 15 is 0 Å². The van der Waals surface area contributed by atoms with E-state index in [1.165, 1.54) is 11.6 Å². The number of fused-ring (bicyclic) bond motifs is 1. The van der Waals surface area contributed by atoms with Crippen LogP contribution < -0.4 is 17.0 Å². The van der Waals surface area contributed by atoms with Gasteiger partial charge in [-0.3, -0.25) is 10.2 Å². The van der Waals surface area contributed by atoms with E-state index in [1.807, 2.05) is 5.43 Å². The highest BCUT2D eigenvalue weighted by molar-refractivity contribution is 7.92. The quantitative estimate of drug-likeness (QED) is 0.359. The molecule has 0 atom stereocenters. The molecule has 0 bridgehead atoms. The molecular weight excluding hydrogens is 330 g/mol. The fourth-order valence-electron chi connectivity index (χ4n) is 2.20. The number of hydrogen-bond donors (Lipinski definition) is 3. The standard InChI is InChI=1S/C10H11N7O3S2/c11-9-14-6-3-5(8(18)15-12)1-2-7(6)17(9)22(19,20)10-16-13-4-21-10/h3-4H,1-2,12H2,(H2,11,14)(H,15,18). The first-order valence-electron chi connectivity index (χ1n) is 6.05. The molecule has 1 aliphatic carbocycles. The van der Waals surface area contributed by atoms with Crippen LogP contribution in [0.4, 0.5) is 5.95 Å². The van der Waals surface area contributed by atoms with E-state index in [9.17, 15) is 13.2 Å². The normalized spacial score (nSPS) is 14.3. The third kappa shape index (κ3) is 2.17. The Kier molecular flexibility index (Phi) is 3.42. The van der Waals surface area contributed by atoms with Gasteiger partial charge < -0.3 is 5.73 Å². The van der Waals surface area contributed by atoms with Crippen LogP contribution >= 0.6 is 11.3 Å². The van der Waals surface area contributed by atoms with Crippen molar-refractivity contribution in [2.24, 2.45) is 5.84 Å². The van der Waals surface area contributed by atoms with E-state index in [-0.39, 0.29) is 16.7 Å². The molecule has 0 saturated heterocycles. The summed E-state index contributed by atoms with van der Waals surface area (Å²) in [5.74, 6) is 4.46. The van der Waals surface area contributed by atoms with Crippen LogP contribution in [0, 0.1) is 0 Å². The summed E-state index contributed by atoms with van der Waals surface area (Å²) in [5, 5.41) is 7.09. The van der Waals surface area contributed by atoms with Gasteiger partial charge in [-0.2, -0.15) is 8.42 Å². The molecule has 3 rings (SSSR count). The number of nitrogens with one attached hydrogen (secondary N) is 1. The highest BCUT2D eigenvalue weighted by Crippen LogP contribution is 2.29. The van der Waals surface area contributed by atoms with Gasteiger partial charge in [0.25, 0.3) is 20.3 Å². The Balaban J connectivity index is 2.13. The van der Waals surface area contributed by atoms with Gasteiger partial charge >= 0.3 is 0 Å². The monoisotopic (exact) mass is 341 g/mol. The van der Waals surface area contributed by atoms with Crippen molar-refractivity contribution >= 4 is 39.3 Å². The summed E-state index contributed by atoms with van der Waals surface area (Å²) in [4.78, 5) is 15.6. The number of nitrogens with zero attached hydrogens (tertiary/aromatic N) is 4. The molecule has 0 unspecified atom stereocenters. The number of anilines is 1. The molecule has 0 aliphatic heterocycles. The van der Waals surface area contributed by atoms with Crippen molar-refractivity contribution in [1.29, 1.82) is 0 Å². The molecule has 0 aromatic carbocycles. The lowest BCUT2D eigenvalue weighted by molar-refractivity contribution is -0.117.